The first kappa shape index (κ1) is 43.5. The van der Waals surface area contributed by atoms with Crippen molar-refractivity contribution < 1.29 is 18.9 Å². The van der Waals surface area contributed by atoms with Crippen molar-refractivity contribution in [1.29, 1.82) is 0 Å². The van der Waals surface area contributed by atoms with E-state index in [4.69, 9.17) is 19.7 Å². The summed E-state index contributed by atoms with van der Waals surface area (Å²) in [7, 11) is -0.996. The molecule has 0 radical (unpaired) electrons. The van der Waals surface area contributed by atoms with E-state index in [1.165, 1.54) is 16.8 Å². The minimum absolute atomic E-state index is 0.218. The summed E-state index contributed by atoms with van der Waals surface area (Å²) >= 11 is 0. The Kier molecular flexibility index (Phi) is 12.5. The zero-order chi connectivity index (χ0) is 44.5. The number of carbonyl (C=O) groups excluding carboxylic acids is 2. The van der Waals surface area contributed by atoms with Crippen molar-refractivity contribution in [2.45, 2.75) is 64.6 Å². The van der Waals surface area contributed by atoms with Crippen LogP contribution in [0.3, 0.4) is 0 Å². The van der Waals surface area contributed by atoms with Crippen LogP contribution in [0.2, 0.25) is 0 Å². The van der Waals surface area contributed by atoms with Crippen LogP contribution in [0.15, 0.2) is 77.0 Å². The van der Waals surface area contributed by atoms with Crippen molar-refractivity contribution in [3.05, 3.63) is 94.4 Å². The Labute approximate surface area is 374 Å². The summed E-state index contributed by atoms with van der Waals surface area (Å²) in [6.07, 6.45) is 7.83. The van der Waals surface area contributed by atoms with Crippen LogP contribution in [0.1, 0.15) is 49.3 Å². The van der Waals surface area contributed by atoms with E-state index < -0.39 is 19.2 Å². The van der Waals surface area contributed by atoms with Gasteiger partial charge in [-0.05, 0) is 81.7 Å². The second kappa shape index (κ2) is 18.4. The molecule has 0 saturated carbocycles. The number of piperazine rings is 1. The van der Waals surface area contributed by atoms with E-state index in [0.717, 1.165) is 115 Å². The van der Waals surface area contributed by atoms with Crippen LogP contribution in [0, 0.1) is 12.8 Å². The molecule has 2 atom stereocenters. The molecule has 3 N–H and O–H groups in total. The van der Waals surface area contributed by atoms with Gasteiger partial charge in [0.25, 0.3) is 0 Å². The number of aromatic nitrogens is 3. The largest absolute Gasteiger partial charge is 0.494 e. The number of carbonyl (C=O) groups is 2. The van der Waals surface area contributed by atoms with Gasteiger partial charge in [-0.3, -0.25) is 34.8 Å². The number of nitrogens with zero attached hydrogens (tertiary/aromatic N) is 8. The Hall–Kier alpha value is -5.76. The number of anilines is 5. The van der Waals surface area contributed by atoms with Gasteiger partial charge < -0.3 is 29.7 Å². The quantitative estimate of drug-likeness (QED) is 0.106. The summed E-state index contributed by atoms with van der Waals surface area (Å²) in [5.74, 6) is 0.867. The van der Waals surface area contributed by atoms with E-state index in [9.17, 15) is 14.2 Å². The van der Waals surface area contributed by atoms with Crippen LogP contribution in [-0.4, -0.2) is 115 Å². The monoisotopic (exact) mass is 883 g/mol. The fourth-order valence-electron chi connectivity index (χ4n) is 9.75. The number of fused-ring (bicyclic) bond motifs is 2. The lowest BCUT2D eigenvalue weighted by Crippen LogP contribution is -2.53. The Bertz CT molecular complexity index is 2760. The SMILES string of the molecule is CCc1cc(Nc2ncc(C)c(Nc3cnc4ccccc4c3P(C)(C)=O)n2)c(OC)cc1N1CCC(N2CCN(CCc3cccc4c3=NC(C3CCC(=O)NC3=O)N=4)CC2)CC1. The van der Waals surface area contributed by atoms with Crippen molar-refractivity contribution in [2.24, 2.45) is 15.9 Å². The van der Waals surface area contributed by atoms with Gasteiger partial charge in [0, 0.05) is 92.5 Å². The number of ether oxygens (including phenoxy) is 1. The number of imide groups is 1. The summed E-state index contributed by atoms with van der Waals surface area (Å²) in [4.78, 5) is 55.8. The van der Waals surface area contributed by atoms with Crippen LogP contribution in [-0.2, 0) is 27.0 Å². The number of benzene rings is 3. The molecule has 3 fully saturated rings. The van der Waals surface area contributed by atoms with Gasteiger partial charge in [-0.2, -0.15) is 4.98 Å². The predicted octanol–water partition coefficient (Wildman–Crippen LogP) is 5.10. The Morgan fingerprint density at radius 2 is 1.67 bits per heavy atom. The van der Waals surface area contributed by atoms with E-state index in [-0.39, 0.29) is 11.8 Å². The maximum Gasteiger partial charge on any atom is 0.233 e. The molecular formula is C48H58N11O4P. The summed E-state index contributed by atoms with van der Waals surface area (Å²) in [6.45, 7) is 14.8. The molecule has 3 aromatic carbocycles. The van der Waals surface area contributed by atoms with E-state index >= 15 is 0 Å². The normalized spacial score (nSPS) is 19.8. The average Bonchev–Trinajstić information content (AvgIpc) is 3.74. The highest BCUT2D eigenvalue weighted by atomic mass is 31.2. The molecule has 3 saturated heterocycles. The molecule has 9 rings (SSSR count). The average molecular weight is 884 g/mol. The van der Waals surface area contributed by atoms with Crippen LogP contribution in [0.5, 0.6) is 5.75 Å². The van der Waals surface area contributed by atoms with Crippen LogP contribution in [0.4, 0.5) is 28.8 Å². The van der Waals surface area contributed by atoms with Crippen molar-refractivity contribution in [3.63, 3.8) is 0 Å². The smallest absolute Gasteiger partial charge is 0.233 e. The number of nitrogens with one attached hydrogen (secondary N) is 3. The molecule has 64 heavy (non-hydrogen) atoms. The minimum atomic E-state index is -2.69. The first-order chi connectivity index (χ1) is 30.9. The van der Waals surface area contributed by atoms with Crippen LogP contribution >= 0.6 is 7.14 Å². The third kappa shape index (κ3) is 9.11. The lowest BCUT2D eigenvalue weighted by molar-refractivity contribution is -0.136. The van der Waals surface area contributed by atoms with E-state index in [1.807, 2.05) is 43.3 Å². The summed E-state index contributed by atoms with van der Waals surface area (Å²) in [5.41, 5.74) is 6.71. The molecule has 16 heteroatoms. The number of piperidine rings is 2. The van der Waals surface area contributed by atoms with Crippen LogP contribution in [0.25, 0.3) is 10.9 Å². The second-order valence-corrected chi connectivity index (χ2v) is 20.9. The number of methoxy groups -OCH3 is 1. The van der Waals surface area contributed by atoms with Gasteiger partial charge in [-0.25, -0.2) is 4.98 Å². The first-order valence-corrected chi connectivity index (χ1v) is 25.2. The molecule has 4 aliphatic heterocycles. The molecule has 2 aromatic heterocycles. The zero-order valence-corrected chi connectivity index (χ0v) is 38.3. The number of aryl methyl sites for hydroxylation is 2. The van der Waals surface area contributed by atoms with Crippen LogP contribution < -0.4 is 41.6 Å². The van der Waals surface area contributed by atoms with Crippen molar-refractivity contribution in [3.8, 4) is 5.75 Å². The van der Waals surface area contributed by atoms with E-state index in [0.29, 0.717) is 36.3 Å². The fourth-order valence-corrected chi connectivity index (χ4v) is 11.2. The van der Waals surface area contributed by atoms with Gasteiger partial charge in [0.2, 0.25) is 17.8 Å². The highest BCUT2D eigenvalue weighted by Crippen LogP contribution is 2.42. The molecule has 4 aliphatic rings. The number of rotatable bonds is 13. The standard InChI is InChI=1S/C48H58N11O4P/c1-6-31-26-38(53-48-50-28-30(2)45(56-48)52-39-29-49-36-12-8-7-11-34(36)44(39)64(4,5)62)41(63-3)27-40(31)59-20-17-33(18-21-59)58-24-22-57(23-25-58)19-16-32-10-9-13-37-43(32)55-46(51-37)35-14-15-42(60)54-47(35)61/h7-13,26-29,33,35,46H,6,14-25H2,1-5H3,(H,54,60,61)(H2,50,52,53,56). The highest BCUT2D eigenvalue weighted by molar-refractivity contribution is 7.71. The van der Waals surface area contributed by atoms with Gasteiger partial charge in [0.05, 0.1) is 46.8 Å². The van der Waals surface area contributed by atoms with Gasteiger partial charge in [0.15, 0.2) is 6.17 Å². The van der Waals surface area contributed by atoms with Gasteiger partial charge in [-0.15, -0.1) is 0 Å². The molecule has 0 bridgehead atoms. The summed E-state index contributed by atoms with van der Waals surface area (Å²) in [5, 5.41) is 12.7. The second-order valence-electron chi connectivity index (χ2n) is 17.8. The molecule has 6 heterocycles. The molecule has 2 unspecified atom stereocenters. The Morgan fingerprint density at radius 1 is 0.875 bits per heavy atom. The maximum atomic E-state index is 13.6. The molecule has 334 valence electrons. The van der Waals surface area contributed by atoms with Crippen molar-refractivity contribution >= 4 is 64.0 Å². The Morgan fingerprint density at radius 3 is 2.42 bits per heavy atom. The maximum absolute atomic E-state index is 13.6. The molecule has 15 nitrogen and oxygen atoms in total. The lowest BCUT2D eigenvalue weighted by Gasteiger charge is -2.43. The minimum Gasteiger partial charge on any atom is -0.494 e. The van der Waals surface area contributed by atoms with Gasteiger partial charge in [0.1, 0.15) is 18.7 Å². The third-order valence-electron chi connectivity index (χ3n) is 13.2. The number of pyridine rings is 1. The van der Waals surface area contributed by atoms with E-state index in [1.54, 1.807) is 32.8 Å². The van der Waals surface area contributed by atoms with Crippen molar-refractivity contribution in [1.82, 2.24) is 30.1 Å². The fraction of sp³-hybridized carbons (Fsp3) is 0.438. The number of hydrogen-bond donors (Lipinski definition) is 3. The molecule has 2 amide bonds. The first-order valence-electron chi connectivity index (χ1n) is 22.6. The topological polar surface area (TPSA) is 170 Å². The molecule has 0 spiro atoms. The number of amides is 2. The predicted molar refractivity (Wildman–Crippen MR) is 252 cm³/mol. The van der Waals surface area contributed by atoms with Crippen molar-refractivity contribution in [2.75, 3.05) is 81.8 Å². The molecular weight excluding hydrogens is 826 g/mol. The highest BCUT2D eigenvalue weighted by Gasteiger charge is 2.35. The van der Waals surface area contributed by atoms with E-state index in [2.05, 4.69) is 65.7 Å². The molecule has 0 aliphatic carbocycles. The number of para-hydroxylation sites is 2. The zero-order valence-electron chi connectivity index (χ0n) is 37.4. The van der Waals surface area contributed by atoms with Gasteiger partial charge >= 0.3 is 0 Å². The third-order valence-corrected chi connectivity index (χ3v) is 14.8. The molecule has 5 aromatic rings. The summed E-state index contributed by atoms with van der Waals surface area (Å²) < 4.78 is 19.6. The Balaban J connectivity index is 0.806. The lowest BCUT2D eigenvalue weighted by atomic mass is 9.95. The number of hydrogen-bond acceptors (Lipinski definition) is 14. The summed E-state index contributed by atoms with van der Waals surface area (Å²) in [6, 6.07) is 18.8. The van der Waals surface area contributed by atoms with Gasteiger partial charge in [-0.1, -0.05) is 37.3 Å².